The molecule has 6 heteroatoms. The molecule has 1 aliphatic heterocycles. The van der Waals surface area contributed by atoms with Gasteiger partial charge in [-0.25, -0.2) is 4.39 Å². The maximum absolute atomic E-state index is 13.0. The normalized spacial score (nSPS) is 17.5. The van der Waals surface area contributed by atoms with Crippen molar-refractivity contribution in [1.29, 1.82) is 0 Å². The summed E-state index contributed by atoms with van der Waals surface area (Å²) in [6, 6.07) is 7.45. The van der Waals surface area contributed by atoms with E-state index in [0.29, 0.717) is 37.2 Å². The van der Waals surface area contributed by atoms with Gasteiger partial charge in [0, 0.05) is 19.2 Å². The fraction of sp³-hybridized carbons (Fsp3) is 0.375. The number of carbonyl (C=O) groups excluding carboxylic acids is 1. The van der Waals surface area contributed by atoms with Crippen LogP contribution in [0.25, 0.3) is 0 Å². The Bertz CT molecular complexity index is 673. The summed E-state index contributed by atoms with van der Waals surface area (Å²) in [5.74, 6) is -0.341. The minimum absolute atomic E-state index is 0.213. The molecule has 0 saturated carbocycles. The van der Waals surface area contributed by atoms with Crippen molar-refractivity contribution in [3.8, 4) is 0 Å². The van der Waals surface area contributed by atoms with Crippen molar-refractivity contribution in [3.05, 3.63) is 53.2 Å². The average molecular weight is 304 g/mol. The van der Waals surface area contributed by atoms with Gasteiger partial charge in [-0.05, 0) is 37.5 Å². The molecule has 1 aliphatic rings. The van der Waals surface area contributed by atoms with E-state index in [2.05, 4.69) is 5.16 Å². The third kappa shape index (κ3) is 2.74. The van der Waals surface area contributed by atoms with Crippen LogP contribution in [0.3, 0.4) is 0 Å². The van der Waals surface area contributed by atoms with Crippen molar-refractivity contribution in [2.75, 3.05) is 13.1 Å². The van der Waals surface area contributed by atoms with Gasteiger partial charge in [0.2, 0.25) is 5.76 Å². The number of aromatic nitrogens is 1. The number of nitrogens with zero attached hydrogens (tertiary/aromatic N) is 2. The molecule has 1 aromatic carbocycles. The van der Waals surface area contributed by atoms with Crippen LogP contribution in [0.5, 0.6) is 0 Å². The first-order chi connectivity index (χ1) is 10.5. The van der Waals surface area contributed by atoms with Gasteiger partial charge in [-0.15, -0.1) is 0 Å². The number of likely N-dealkylation sites (tertiary alicyclic amines) is 1. The lowest BCUT2D eigenvalue weighted by Gasteiger charge is -2.38. The van der Waals surface area contributed by atoms with Crippen molar-refractivity contribution in [2.24, 2.45) is 0 Å². The van der Waals surface area contributed by atoms with E-state index in [1.807, 2.05) is 0 Å². The molecule has 0 unspecified atom stereocenters. The van der Waals surface area contributed by atoms with Crippen molar-refractivity contribution >= 4 is 5.91 Å². The van der Waals surface area contributed by atoms with Gasteiger partial charge in [-0.2, -0.15) is 0 Å². The number of carbonyl (C=O) groups is 1. The molecule has 3 rings (SSSR count). The maximum atomic E-state index is 13.0. The average Bonchev–Trinajstić information content (AvgIpc) is 2.94. The highest BCUT2D eigenvalue weighted by molar-refractivity contribution is 5.91. The monoisotopic (exact) mass is 304 g/mol. The summed E-state index contributed by atoms with van der Waals surface area (Å²) in [7, 11) is 0. The molecular formula is C16H17FN2O3. The second kappa shape index (κ2) is 5.53. The molecule has 0 atom stereocenters. The molecule has 1 aromatic heterocycles. The molecule has 22 heavy (non-hydrogen) atoms. The van der Waals surface area contributed by atoms with Crippen molar-refractivity contribution < 1.29 is 18.8 Å². The van der Waals surface area contributed by atoms with E-state index in [1.54, 1.807) is 30.0 Å². The Morgan fingerprint density at radius 3 is 2.50 bits per heavy atom. The van der Waals surface area contributed by atoms with E-state index < -0.39 is 5.60 Å². The molecule has 1 amide bonds. The Kier molecular flexibility index (Phi) is 3.70. The quantitative estimate of drug-likeness (QED) is 0.924. The Morgan fingerprint density at radius 1 is 1.32 bits per heavy atom. The van der Waals surface area contributed by atoms with Gasteiger partial charge < -0.3 is 14.5 Å². The van der Waals surface area contributed by atoms with Crippen LogP contribution in [0.15, 0.2) is 34.9 Å². The number of piperidine rings is 1. The van der Waals surface area contributed by atoms with Crippen LogP contribution in [0.1, 0.15) is 34.7 Å². The highest BCUT2D eigenvalue weighted by atomic mass is 19.1. The molecule has 0 radical (unpaired) electrons. The molecule has 0 bridgehead atoms. The zero-order valence-corrected chi connectivity index (χ0v) is 12.3. The minimum Gasteiger partial charge on any atom is -0.385 e. The molecule has 0 spiro atoms. The Balaban J connectivity index is 1.69. The molecule has 1 fully saturated rings. The zero-order valence-electron chi connectivity index (χ0n) is 12.3. The van der Waals surface area contributed by atoms with Crippen LogP contribution >= 0.6 is 0 Å². The van der Waals surface area contributed by atoms with Crippen LogP contribution in [-0.2, 0) is 5.60 Å². The second-order valence-electron chi connectivity index (χ2n) is 5.66. The fourth-order valence-corrected chi connectivity index (χ4v) is 2.75. The standard InChI is InChI=1S/C16H17FN2O3/c1-11-10-14(22-18-11)15(20)19-8-6-16(21,7-9-19)12-2-4-13(17)5-3-12/h2-5,10,21H,6-9H2,1H3. The van der Waals surface area contributed by atoms with Crippen LogP contribution in [0.2, 0.25) is 0 Å². The lowest BCUT2D eigenvalue weighted by molar-refractivity contribution is -0.0219. The molecule has 2 heterocycles. The lowest BCUT2D eigenvalue weighted by Crippen LogP contribution is -2.45. The van der Waals surface area contributed by atoms with E-state index in [9.17, 15) is 14.3 Å². The second-order valence-corrected chi connectivity index (χ2v) is 5.66. The van der Waals surface area contributed by atoms with E-state index in [4.69, 9.17) is 4.52 Å². The Labute approximate surface area is 127 Å². The van der Waals surface area contributed by atoms with Gasteiger partial charge in [0.15, 0.2) is 0 Å². The molecule has 2 aromatic rings. The maximum Gasteiger partial charge on any atom is 0.292 e. The first-order valence-electron chi connectivity index (χ1n) is 7.19. The number of rotatable bonds is 2. The largest absolute Gasteiger partial charge is 0.385 e. The van der Waals surface area contributed by atoms with Crippen LogP contribution in [0, 0.1) is 12.7 Å². The third-order valence-corrected chi connectivity index (χ3v) is 4.10. The first kappa shape index (κ1) is 14.7. The van der Waals surface area contributed by atoms with Crippen LogP contribution in [0.4, 0.5) is 4.39 Å². The van der Waals surface area contributed by atoms with Gasteiger partial charge in [-0.3, -0.25) is 4.79 Å². The molecule has 116 valence electrons. The number of aliphatic hydroxyl groups is 1. The predicted molar refractivity (Wildman–Crippen MR) is 76.7 cm³/mol. The highest BCUT2D eigenvalue weighted by Gasteiger charge is 2.36. The third-order valence-electron chi connectivity index (χ3n) is 4.10. The topological polar surface area (TPSA) is 66.6 Å². The predicted octanol–water partition coefficient (Wildman–Crippen LogP) is 2.25. The van der Waals surface area contributed by atoms with Crippen molar-refractivity contribution in [1.82, 2.24) is 10.1 Å². The molecule has 1 N–H and O–H groups in total. The SMILES string of the molecule is Cc1cc(C(=O)N2CCC(O)(c3ccc(F)cc3)CC2)on1. The van der Waals surface area contributed by atoms with Gasteiger partial charge in [-0.1, -0.05) is 17.3 Å². The lowest BCUT2D eigenvalue weighted by atomic mass is 9.84. The van der Waals surface area contributed by atoms with Gasteiger partial charge in [0.1, 0.15) is 5.82 Å². The molecule has 5 nitrogen and oxygen atoms in total. The van der Waals surface area contributed by atoms with Gasteiger partial charge in [0.25, 0.3) is 5.91 Å². The number of hydrogen-bond donors (Lipinski definition) is 1. The molecule has 0 aliphatic carbocycles. The minimum atomic E-state index is -1.03. The van der Waals surface area contributed by atoms with Crippen LogP contribution < -0.4 is 0 Å². The van der Waals surface area contributed by atoms with Gasteiger partial charge in [0.05, 0.1) is 11.3 Å². The van der Waals surface area contributed by atoms with Gasteiger partial charge >= 0.3 is 0 Å². The van der Waals surface area contributed by atoms with Crippen molar-refractivity contribution in [3.63, 3.8) is 0 Å². The summed E-state index contributed by atoms with van der Waals surface area (Å²) in [4.78, 5) is 13.9. The summed E-state index contributed by atoms with van der Waals surface area (Å²) < 4.78 is 18.0. The van der Waals surface area contributed by atoms with Crippen molar-refractivity contribution in [2.45, 2.75) is 25.4 Å². The summed E-state index contributed by atoms with van der Waals surface area (Å²) in [5.41, 5.74) is 0.307. The zero-order chi connectivity index (χ0) is 15.7. The van der Waals surface area contributed by atoms with E-state index >= 15 is 0 Å². The summed E-state index contributed by atoms with van der Waals surface area (Å²) in [6.07, 6.45) is 0.801. The summed E-state index contributed by atoms with van der Waals surface area (Å²) >= 11 is 0. The highest BCUT2D eigenvalue weighted by Crippen LogP contribution is 2.33. The summed E-state index contributed by atoms with van der Waals surface area (Å²) in [6.45, 7) is 2.57. The number of amides is 1. The fourth-order valence-electron chi connectivity index (χ4n) is 2.75. The summed E-state index contributed by atoms with van der Waals surface area (Å²) in [5, 5.41) is 14.4. The van der Waals surface area contributed by atoms with Crippen LogP contribution in [-0.4, -0.2) is 34.2 Å². The number of halogens is 1. The van der Waals surface area contributed by atoms with E-state index in [-0.39, 0.29) is 17.5 Å². The number of aryl methyl sites for hydroxylation is 1. The Hall–Kier alpha value is -2.21. The number of benzene rings is 1. The first-order valence-corrected chi connectivity index (χ1v) is 7.19. The Morgan fingerprint density at radius 2 is 1.95 bits per heavy atom. The van der Waals surface area contributed by atoms with E-state index in [1.165, 1.54) is 12.1 Å². The molecule has 1 saturated heterocycles. The number of hydrogen-bond acceptors (Lipinski definition) is 4. The molecular weight excluding hydrogens is 287 g/mol. The smallest absolute Gasteiger partial charge is 0.292 e. The van der Waals surface area contributed by atoms with E-state index in [0.717, 1.165) is 0 Å².